The van der Waals surface area contributed by atoms with Gasteiger partial charge in [-0.1, -0.05) is 53.7 Å². The number of benzene rings is 3. The number of methoxy groups -OCH3 is 1. The van der Waals surface area contributed by atoms with Crippen molar-refractivity contribution in [2.24, 2.45) is 0 Å². The van der Waals surface area contributed by atoms with Crippen LogP contribution in [-0.4, -0.2) is 23.1 Å². The molecule has 4 aromatic rings. The zero-order valence-electron chi connectivity index (χ0n) is 17.0. The third-order valence-electron chi connectivity index (χ3n) is 4.86. The molecule has 0 saturated heterocycles. The number of rotatable bonds is 7. The third-order valence-corrected chi connectivity index (χ3v) is 4.86. The summed E-state index contributed by atoms with van der Waals surface area (Å²) < 4.78 is 24.1. The van der Waals surface area contributed by atoms with Crippen LogP contribution in [0.25, 0.3) is 11.3 Å². The van der Waals surface area contributed by atoms with E-state index in [2.05, 4.69) is 5.16 Å². The van der Waals surface area contributed by atoms with E-state index in [0.717, 1.165) is 11.1 Å². The summed E-state index contributed by atoms with van der Waals surface area (Å²) in [6.45, 7) is 0.535. The first-order valence-electron chi connectivity index (χ1n) is 9.81. The van der Waals surface area contributed by atoms with E-state index in [4.69, 9.17) is 9.26 Å². The second-order valence-electron chi connectivity index (χ2n) is 7.07. The second-order valence-corrected chi connectivity index (χ2v) is 7.07. The molecule has 1 aromatic heterocycles. The van der Waals surface area contributed by atoms with Gasteiger partial charge in [0, 0.05) is 23.7 Å². The van der Waals surface area contributed by atoms with E-state index in [1.807, 2.05) is 36.4 Å². The fourth-order valence-electron chi connectivity index (χ4n) is 3.27. The summed E-state index contributed by atoms with van der Waals surface area (Å²) in [6, 6.07) is 24.5. The van der Waals surface area contributed by atoms with Gasteiger partial charge >= 0.3 is 0 Å². The molecule has 0 N–H and O–H groups in total. The van der Waals surface area contributed by atoms with Crippen molar-refractivity contribution in [1.29, 1.82) is 0 Å². The molecule has 0 saturated carbocycles. The Kier molecular flexibility index (Phi) is 6.08. The largest absolute Gasteiger partial charge is 0.497 e. The molecule has 0 unspecified atom stereocenters. The molecule has 5 nitrogen and oxygen atoms in total. The Morgan fingerprint density at radius 1 is 0.968 bits per heavy atom. The molecule has 1 heterocycles. The molecule has 0 atom stereocenters. The van der Waals surface area contributed by atoms with Crippen molar-refractivity contribution < 1.29 is 18.4 Å². The molecule has 1 amide bonds. The highest BCUT2D eigenvalue weighted by molar-refractivity contribution is 5.94. The number of carbonyl (C=O) groups is 1. The van der Waals surface area contributed by atoms with E-state index < -0.39 is 0 Å². The average molecular weight is 416 g/mol. The Balaban J connectivity index is 1.61. The molecule has 6 heteroatoms. The Morgan fingerprint density at radius 2 is 1.74 bits per heavy atom. The van der Waals surface area contributed by atoms with Gasteiger partial charge in [0.15, 0.2) is 5.76 Å². The minimum absolute atomic E-state index is 0.188. The molecule has 156 valence electrons. The van der Waals surface area contributed by atoms with Crippen molar-refractivity contribution in [2.75, 3.05) is 7.11 Å². The molecule has 0 aliphatic carbocycles. The van der Waals surface area contributed by atoms with E-state index >= 15 is 0 Å². The lowest BCUT2D eigenvalue weighted by Crippen LogP contribution is -2.30. The average Bonchev–Trinajstić information content (AvgIpc) is 3.29. The first kappa shape index (κ1) is 20.3. The van der Waals surface area contributed by atoms with Crippen molar-refractivity contribution in [3.8, 4) is 17.1 Å². The van der Waals surface area contributed by atoms with Crippen molar-refractivity contribution in [3.63, 3.8) is 0 Å². The van der Waals surface area contributed by atoms with Gasteiger partial charge in [0.2, 0.25) is 0 Å². The minimum atomic E-state index is -0.321. The van der Waals surface area contributed by atoms with Crippen LogP contribution in [0.5, 0.6) is 5.75 Å². The van der Waals surface area contributed by atoms with Crippen LogP contribution < -0.4 is 4.74 Å². The first-order valence-corrected chi connectivity index (χ1v) is 9.81. The molecule has 0 radical (unpaired) electrons. The van der Waals surface area contributed by atoms with Crippen LogP contribution in [0.4, 0.5) is 4.39 Å². The van der Waals surface area contributed by atoms with E-state index in [1.54, 1.807) is 48.4 Å². The monoisotopic (exact) mass is 416 g/mol. The van der Waals surface area contributed by atoms with Gasteiger partial charge in [-0.2, -0.15) is 0 Å². The highest BCUT2D eigenvalue weighted by Crippen LogP contribution is 2.22. The number of aromatic nitrogens is 1. The number of nitrogens with zero attached hydrogens (tertiary/aromatic N) is 2. The van der Waals surface area contributed by atoms with Crippen molar-refractivity contribution >= 4 is 5.91 Å². The molecule has 3 aromatic carbocycles. The van der Waals surface area contributed by atoms with Gasteiger partial charge in [0.05, 0.1) is 13.7 Å². The first-order chi connectivity index (χ1) is 15.1. The molecule has 0 bridgehead atoms. The van der Waals surface area contributed by atoms with Gasteiger partial charge in [-0.3, -0.25) is 4.79 Å². The standard InChI is InChI=1S/C25H21FN2O3/c1-30-23-9-5-8-20(14-23)25(29)28(16-18-10-12-21(26)13-11-18)17-22-15-24(31-27-22)19-6-3-2-4-7-19/h2-15H,16-17H2,1H3. The number of halogens is 1. The quantitative estimate of drug-likeness (QED) is 0.409. The zero-order valence-corrected chi connectivity index (χ0v) is 17.0. The molecular weight excluding hydrogens is 395 g/mol. The SMILES string of the molecule is COc1cccc(C(=O)N(Cc2ccc(F)cc2)Cc2cc(-c3ccccc3)on2)c1. The van der Waals surface area contributed by atoms with Crippen LogP contribution in [0.15, 0.2) is 89.5 Å². The van der Waals surface area contributed by atoms with Crippen LogP contribution in [0, 0.1) is 5.82 Å². The number of ether oxygens (including phenoxy) is 1. The van der Waals surface area contributed by atoms with Gasteiger partial charge < -0.3 is 14.2 Å². The lowest BCUT2D eigenvalue weighted by molar-refractivity contribution is 0.0726. The van der Waals surface area contributed by atoms with Crippen LogP contribution in [0.3, 0.4) is 0 Å². The second kappa shape index (κ2) is 9.26. The smallest absolute Gasteiger partial charge is 0.254 e. The van der Waals surface area contributed by atoms with Gasteiger partial charge in [-0.25, -0.2) is 4.39 Å². The highest BCUT2D eigenvalue weighted by atomic mass is 19.1. The number of hydrogen-bond donors (Lipinski definition) is 0. The third kappa shape index (κ3) is 4.98. The summed E-state index contributed by atoms with van der Waals surface area (Å²) in [5, 5.41) is 4.14. The topological polar surface area (TPSA) is 55.6 Å². The highest BCUT2D eigenvalue weighted by Gasteiger charge is 2.19. The van der Waals surface area contributed by atoms with Crippen LogP contribution in [0.2, 0.25) is 0 Å². The van der Waals surface area contributed by atoms with Gasteiger partial charge in [-0.15, -0.1) is 0 Å². The lowest BCUT2D eigenvalue weighted by atomic mass is 10.1. The molecule has 0 aliphatic heterocycles. The van der Waals surface area contributed by atoms with E-state index in [0.29, 0.717) is 29.3 Å². The maximum Gasteiger partial charge on any atom is 0.254 e. The summed E-state index contributed by atoms with van der Waals surface area (Å²) in [6.07, 6.45) is 0. The number of amides is 1. The van der Waals surface area contributed by atoms with Crippen molar-refractivity contribution in [2.45, 2.75) is 13.1 Å². The van der Waals surface area contributed by atoms with Crippen LogP contribution in [-0.2, 0) is 13.1 Å². The molecule has 0 spiro atoms. The maximum atomic E-state index is 13.3. The lowest BCUT2D eigenvalue weighted by Gasteiger charge is -2.22. The molecular formula is C25H21FN2O3. The number of carbonyl (C=O) groups excluding carboxylic acids is 1. The van der Waals surface area contributed by atoms with Gasteiger partial charge in [-0.05, 0) is 35.9 Å². The van der Waals surface area contributed by atoms with E-state index in [-0.39, 0.29) is 18.3 Å². The minimum Gasteiger partial charge on any atom is -0.497 e. The Morgan fingerprint density at radius 3 is 2.48 bits per heavy atom. The molecule has 4 rings (SSSR count). The van der Waals surface area contributed by atoms with Crippen molar-refractivity contribution in [1.82, 2.24) is 10.1 Å². The Bertz CT molecular complexity index is 1160. The van der Waals surface area contributed by atoms with E-state index in [9.17, 15) is 9.18 Å². The van der Waals surface area contributed by atoms with Gasteiger partial charge in [0.25, 0.3) is 5.91 Å². The van der Waals surface area contributed by atoms with Crippen LogP contribution >= 0.6 is 0 Å². The summed E-state index contributed by atoms with van der Waals surface area (Å²) in [5.41, 5.74) is 2.83. The molecule has 0 fully saturated rings. The van der Waals surface area contributed by atoms with E-state index in [1.165, 1.54) is 12.1 Å². The van der Waals surface area contributed by atoms with Crippen LogP contribution in [0.1, 0.15) is 21.6 Å². The zero-order chi connectivity index (χ0) is 21.6. The fourth-order valence-corrected chi connectivity index (χ4v) is 3.27. The maximum absolute atomic E-state index is 13.3. The molecule has 31 heavy (non-hydrogen) atoms. The Hall–Kier alpha value is -3.93. The van der Waals surface area contributed by atoms with Gasteiger partial charge in [0.1, 0.15) is 17.3 Å². The number of hydrogen-bond acceptors (Lipinski definition) is 4. The Labute approximate surface area is 179 Å². The summed E-state index contributed by atoms with van der Waals surface area (Å²) in [4.78, 5) is 15.0. The predicted molar refractivity (Wildman–Crippen MR) is 115 cm³/mol. The normalized spacial score (nSPS) is 10.6. The summed E-state index contributed by atoms with van der Waals surface area (Å²) in [7, 11) is 1.56. The predicted octanol–water partition coefficient (Wildman–Crippen LogP) is 5.33. The molecule has 0 aliphatic rings. The summed E-state index contributed by atoms with van der Waals surface area (Å²) in [5.74, 6) is 0.720. The fraction of sp³-hybridized carbons (Fsp3) is 0.120. The summed E-state index contributed by atoms with van der Waals surface area (Å²) >= 11 is 0. The van der Waals surface area contributed by atoms with Crippen molar-refractivity contribution in [3.05, 3.63) is 108 Å².